The molecular weight excluding hydrogens is 314 g/mol. The van der Waals surface area contributed by atoms with E-state index in [1.54, 1.807) is 6.07 Å². The van der Waals surface area contributed by atoms with Gasteiger partial charge in [0.25, 0.3) is 0 Å². The number of aromatic nitrogens is 2. The van der Waals surface area contributed by atoms with Crippen LogP contribution in [0.3, 0.4) is 0 Å². The fraction of sp³-hybridized carbons (Fsp3) is 0.412. The van der Waals surface area contributed by atoms with Gasteiger partial charge in [-0.25, -0.2) is 0 Å². The second kappa shape index (κ2) is 6.83. The summed E-state index contributed by atoms with van der Waals surface area (Å²) in [5, 5.41) is 19.2. The highest BCUT2D eigenvalue weighted by atomic mass is 35.5. The SMILES string of the molecule is Cc1cc(Cl)cc(O)c1-c1ccc(CN(C)[C@H]2CCOC2)nn1. The van der Waals surface area contributed by atoms with Crippen LogP contribution in [0.1, 0.15) is 17.7 Å². The third-order valence-electron chi connectivity index (χ3n) is 4.20. The lowest BCUT2D eigenvalue weighted by atomic mass is 10.0. The molecule has 5 nitrogen and oxygen atoms in total. The summed E-state index contributed by atoms with van der Waals surface area (Å²) in [4.78, 5) is 2.24. The van der Waals surface area contributed by atoms with Crippen molar-refractivity contribution in [2.45, 2.75) is 25.9 Å². The predicted octanol–water partition coefficient (Wildman–Crippen LogP) is 3.03. The van der Waals surface area contributed by atoms with Crippen molar-refractivity contribution in [2.75, 3.05) is 20.3 Å². The zero-order valence-electron chi connectivity index (χ0n) is 13.3. The van der Waals surface area contributed by atoms with Crippen LogP contribution < -0.4 is 0 Å². The van der Waals surface area contributed by atoms with E-state index in [-0.39, 0.29) is 5.75 Å². The Morgan fingerprint density at radius 1 is 1.35 bits per heavy atom. The molecule has 0 bridgehead atoms. The monoisotopic (exact) mass is 333 g/mol. The molecule has 0 saturated carbocycles. The van der Waals surface area contributed by atoms with E-state index in [1.807, 2.05) is 19.1 Å². The molecule has 1 aromatic carbocycles. The lowest BCUT2D eigenvalue weighted by Crippen LogP contribution is -2.31. The minimum absolute atomic E-state index is 0.122. The van der Waals surface area contributed by atoms with Crippen molar-refractivity contribution in [3.63, 3.8) is 0 Å². The van der Waals surface area contributed by atoms with Crippen molar-refractivity contribution in [3.8, 4) is 17.0 Å². The van der Waals surface area contributed by atoms with E-state index in [4.69, 9.17) is 16.3 Å². The molecule has 6 heteroatoms. The number of hydrogen-bond donors (Lipinski definition) is 1. The van der Waals surface area contributed by atoms with Gasteiger partial charge in [-0.3, -0.25) is 4.90 Å². The van der Waals surface area contributed by atoms with Crippen LogP contribution in [0.2, 0.25) is 5.02 Å². The number of rotatable bonds is 4. The van der Waals surface area contributed by atoms with Crippen molar-refractivity contribution in [1.29, 1.82) is 0 Å². The molecule has 2 heterocycles. The Morgan fingerprint density at radius 3 is 2.78 bits per heavy atom. The molecule has 1 aliphatic rings. The van der Waals surface area contributed by atoms with E-state index in [9.17, 15) is 5.11 Å². The molecule has 23 heavy (non-hydrogen) atoms. The van der Waals surface area contributed by atoms with Gasteiger partial charge in [0.15, 0.2) is 0 Å². The maximum Gasteiger partial charge on any atom is 0.126 e. The lowest BCUT2D eigenvalue weighted by Gasteiger charge is -2.22. The summed E-state index contributed by atoms with van der Waals surface area (Å²) in [6.07, 6.45) is 1.06. The maximum atomic E-state index is 10.1. The smallest absolute Gasteiger partial charge is 0.126 e. The van der Waals surface area contributed by atoms with Gasteiger partial charge < -0.3 is 9.84 Å². The molecule has 0 radical (unpaired) electrons. The van der Waals surface area contributed by atoms with Crippen LogP contribution in [0.4, 0.5) is 0 Å². The molecule has 0 aliphatic carbocycles. The van der Waals surface area contributed by atoms with Gasteiger partial charge in [0.05, 0.1) is 18.0 Å². The van der Waals surface area contributed by atoms with Crippen LogP contribution in [0, 0.1) is 6.92 Å². The number of halogens is 1. The molecule has 3 rings (SSSR count). The van der Waals surface area contributed by atoms with E-state index in [0.29, 0.717) is 22.3 Å². The van der Waals surface area contributed by atoms with E-state index in [0.717, 1.165) is 37.4 Å². The Hall–Kier alpha value is -1.69. The normalized spacial score (nSPS) is 17.8. The van der Waals surface area contributed by atoms with E-state index < -0.39 is 0 Å². The molecule has 1 fully saturated rings. The highest BCUT2D eigenvalue weighted by molar-refractivity contribution is 6.31. The van der Waals surface area contributed by atoms with Crippen molar-refractivity contribution in [3.05, 3.63) is 40.5 Å². The van der Waals surface area contributed by atoms with Crippen LogP contribution in [-0.2, 0) is 11.3 Å². The topological polar surface area (TPSA) is 58.5 Å². The summed E-state index contributed by atoms with van der Waals surface area (Å²) >= 11 is 5.94. The number of nitrogens with zero attached hydrogens (tertiary/aromatic N) is 3. The first kappa shape index (κ1) is 16.2. The highest BCUT2D eigenvalue weighted by Crippen LogP contribution is 2.33. The summed E-state index contributed by atoms with van der Waals surface area (Å²) in [6.45, 7) is 4.23. The summed E-state index contributed by atoms with van der Waals surface area (Å²) < 4.78 is 5.41. The Balaban J connectivity index is 1.77. The van der Waals surface area contributed by atoms with Gasteiger partial charge in [-0.05, 0) is 50.2 Å². The largest absolute Gasteiger partial charge is 0.507 e. The van der Waals surface area contributed by atoms with Gasteiger partial charge >= 0.3 is 0 Å². The average molecular weight is 334 g/mol. The quantitative estimate of drug-likeness (QED) is 0.932. The number of phenolic OH excluding ortho intramolecular Hbond substituents is 1. The van der Waals surface area contributed by atoms with Crippen molar-refractivity contribution < 1.29 is 9.84 Å². The fourth-order valence-electron chi connectivity index (χ4n) is 2.89. The minimum atomic E-state index is 0.122. The van der Waals surface area contributed by atoms with Crippen LogP contribution in [0.5, 0.6) is 5.75 Å². The van der Waals surface area contributed by atoms with E-state index in [2.05, 4.69) is 22.1 Å². The molecular formula is C17H20ClN3O2. The number of ether oxygens (including phenoxy) is 1. The zero-order chi connectivity index (χ0) is 16.4. The van der Waals surface area contributed by atoms with Crippen molar-refractivity contribution in [2.24, 2.45) is 0 Å². The van der Waals surface area contributed by atoms with E-state index in [1.165, 1.54) is 6.07 Å². The first-order chi connectivity index (χ1) is 11.0. The maximum absolute atomic E-state index is 10.1. The first-order valence-corrected chi connectivity index (χ1v) is 8.02. The number of phenols is 1. The average Bonchev–Trinajstić information content (AvgIpc) is 3.02. The Kier molecular flexibility index (Phi) is 4.80. The number of aryl methyl sites for hydroxylation is 1. The van der Waals surface area contributed by atoms with Crippen LogP contribution in [0.25, 0.3) is 11.3 Å². The van der Waals surface area contributed by atoms with Gasteiger partial charge in [0.2, 0.25) is 0 Å². The van der Waals surface area contributed by atoms with Crippen LogP contribution >= 0.6 is 11.6 Å². The molecule has 1 saturated heterocycles. The second-order valence-corrected chi connectivity index (χ2v) is 6.40. The molecule has 1 aliphatic heterocycles. The minimum Gasteiger partial charge on any atom is -0.507 e. The standard InChI is InChI=1S/C17H20ClN3O2/c1-11-7-12(18)8-16(22)17(11)15-4-3-13(19-20-15)9-21(2)14-5-6-23-10-14/h3-4,7-8,14,22H,5-6,9-10H2,1-2H3/t14-/m0/s1. The number of aromatic hydroxyl groups is 1. The third kappa shape index (κ3) is 3.63. The highest BCUT2D eigenvalue weighted by Gasteiger charge is 2.20. The molecule has 1 N–H and O–H groups in total. The third-order valence-corrected chi connectivity index (χ3v) is 4.41. The molecule has 122 valence electrons. The second-order valence-electron chi connectivity index (χ2n) is 5.96. The summed E-state index contributed by atoms with van der Waals surface area (Å²) in [5.41, 5.74) is 3.09. The Morgan fingerprint density at radius 2 is 2.17 bits per heavy atom. The van der Waals surface area contributed by atoms with Crippen LogP contribution in [-0.4, -0.2) is 46.5 Å². The summed E-state index contributed by atoms with van der Waals surface area (Å²) in [7, 11) is 2.07. The van der Waals surface area contributed by atoms with Crippen molar-refractivity contribution >= 4 is 11.6 Å². The van der Waals surface area contributed by atoms with Gasteiger partial charge in [-0.1, -0.05) is 11.6 Å². The Labute approximate surface area is 140 Å². The molecule has 0 amide bonds. The predicted molar refractivity (Wildman–Crippen MR) is 89.6 cm³/mol. The molecule has 2 aromatic rings. The Bertz CT molecular complexity index is 662. The zero-order valence-corrected chi connectivity index (χ0v) is 14.0. The van der Waals surface area contributed by atoms with Crippen molar-refractivity contribution in [1.82, 2.24) is 15.1 Å². The van der Waals surface area contributed by atoms with Gasteiger partial charge in [0, 0.05) is 29.8 Å². The number of likely N-dealkylation sites (N-methyl/N-ethyl adjacent to an activating group) is 1. The van der Waals surface area contributed by atoms with Gasteiger partial charge in [-0.15, -0.1) is 0 Å². The van der Waals surface area contributed by atoms with Gasteiger partial charge in [0.1, 0.15) is 5.75 Å². The molecule has 0 unspecified atom stereocenters. The molecule has 1 aromatic heterocycles. The lowest BCUT2D eigenvalue weighted by molar-refractivity contribution is 0.155. The van der Waals surface area contributed by atoms with Gasteiger partial charge in [-0.2, -0.15) is 10.2 Å². The number of hydrogen-bond acceptors (Lipinski definition) is 5. The fourth-order valence-corrected chi connectivity index (χ4v) is 3.16. The summed E-state index contributed by atoms with van der Waals surface area (Å²) in [6, 6.07) is 7.60. The van der Waals surface area contributed by atoms with E-state index >= 15 is 0 Å². The molecule has 0 spiro atoms. The first-order valence-electron chi connectivity index (χ1n) is 7.64. The number of benzene rings is 1. The van der Waals surface area contributed by atoms with Crippen LogP contribution in [0.15, 0.2) is 24.3 Å². The molecule has 1 atom stereocenters. The summed E-state index contributed by atoms with van der Waals surface area (Å²) in [5.74, 6) is 0.122.